The molecule has 0 radical (unpaired) electrons. The summed E-state index contributed by atoms with van der Waals surface area (Å²) < 4.78 is 6.88. The molecule has 0 saturated carbocycles. The number of nitrogens with zero attached hydrogens (tertiary/aromatic N) is 1. The molecule has 2 rings (SSSR count). The highest BCUT2D eigenvalue weighted by Gasteiger charge is 2.13. The van der Waals surface area contributed by atoms with Crippen LogP contribution in [0.2, 0.25) is 0 Å². The maximum Gasteiger partial charge on any atom is 0.352 e. The van der Waals surface area contributed by atoms with Gasteiger partial charge in [-0.15, -0.1) is 0 Å². The summed E-state index contributed by atoms with van der Waals surface area (Å²) in [5.74, 6) is -0.131. The number of hydrogen-bond donors (Lipinski definition) is 1. The first-order valence-corrected chi connectivity index (χ1v) is 5.64. The molecule has 4 heteroatoms. The average molecular weight is 245 g/mol. The molecule has 0 saturated heterocycles. The summed E-state index contributed by atoms with van der Waals surface area (Å²) in [5.41, 5.74) is 2.11. The summed E-state index contributed by atoms with van der Waals surface area (Å²) in [4.78, 5) is 11.2. The molecule has 94 valence electrons. The molecule has 18 heavy (non-hydrogen) atoms. The second-order valence-corrected chi connectivity index (χ2v) is 4.13. The Labute approximate surface area is 105 Å². The highest BCUT2D eigenvalue weighted by atomic mass is 16.5. The van der Waals surface area contributed by atoms with Gasteiger partial charge < -0.3 is 14.4 Å². The highest BCUT2D eigenvalue weighted by molar-refractivity contribution is 5.87. The number of aromatic carboxylic acids is 1. The van der Waals surface area contributed by atoms with Crippen LogP contribution >= 0.6 is 0 Å². The van der Waals surface area contributed by atoms with Gasteiger partial charge in [0.15, 0.2) is 0 Å². The summed E-state index contributed by atoms with van der Waals surface area (Å²) in [6.45, 7) is 2.32. The van der Waals surface area contributed by atoms with Crippen LogP contribution in [-0.4, -0.2) is 22.8 Å². The molecule has 0 amide bonds. The van der Waals surface area contributed by atoms with E-state index in [-0.39, 0.29) is 0 Å². The van der Waals surface area contributed by atoms with Crippen LogP contribution in [0.15, 0.2) is 36.5 Å². The Morgan fingerprint density at radius 1 is 1.39 bits per heavy atom. The van der Waals surface area contributed by atoms with E-state index in [4.69, 9.17) is 9.84 Å². The molecule has 0 atom stereocenters. The van der Waals surface area contributed by atoms with E-state index in [0.717, 1.165) is 16.9 Å². The van der Waals surface area contributed by atoms with Gasteiger partial charge in [0.1, 0.15) is 11.4 Å². The first kappa shape index (κ1) is 12.2. The smallest absolute Gasteiger partial charge is 0.352 e. The Kier molecular flexibility index (Phi) is 3.37. The van der Waals surface area contributed by atoms with E-state index < -0.39 is 5.97 Å². The Bertz CT molecular complexity index is 572. The second kappa shape index (κ2) is 4.96. The molecule has 0 aliphatic carbocycles. The molecule has 0 bridgehead atoms. The van der Waals surface area contributed by atoms with Crippen molar-refractivity contribution in [3.05, 3.63) is 53.3 Å². The number of ether oxygens (including phenoxy) is 1. The molecule has 1 heterocycles. The van der Waals surface area contributed by atoms with Gasteiger partial charge in [0.25, 0.3) is 0 Å². The molecule has 2 aromatic rings. The van der Waals surface area contributed by atoms with Gasteiger partial charge in [0, 0.05) is 12.7 Å². The summed E-state index contributed by atoms with van der Waals surface area (Å²) in [6, 6.07) is 9.42. The first-order valence-electron chi connectivity index (χ1n) is 5.64. The normalized spacial score (nSPS) is 10.3. The van der Waals surface area contributed by atoms with Gasteiger partial charge in [0.2, 0.25) is 0 Å². The maximum absolute atomic E-state index is 11.2. The molecule has 0 spiro atoms. The third kappa shape index (κ3) is 2.37. The minimum atomic E-state index is -0.902. The number of rotatable bonds is 4. The van der Waals surface area contributed by atoms with E-state index >= 15 is 0 Å². The van der Waals surface area contributed by atoms with Crippen molar-refractivity contribution >= 4 is 5.97 Å². The van der Waals surface area contributed by atoms with Crippen LogP contribution in [0.1, 0.15) is 21.6 Å². The van der Waals surface area contributed by atoms with Crippen molar-refractivity contribution in [1.82, 2.24) is 4.57 Å². The van der Waals surface area contributed by atoms with E-state index in [9.17, 15) is 4.79 Å². The second-order valence-electron chi connectivity index (χ2n) is 4.13. The van der Waals surface area contributed by atoms with Gasteiger partial charge in [0.05, 0.1) is 7.11 Å². The summed E-state index contributed by atoms with van der Waals surface area (Å²) in [5, 5.41) is 9.17. The highest BCUT2D eigenvalue weighted by Crippen LogP contribution is 2.16. The van der Waals surface area contributed by atoms with Crippen molar-refractivity contribution in [3.8, 4) is 5.75 Å². The number of benzene rings is 1. The zero-order valence-electron chi connectivity index (χ0n) is 10.4. The van der Waals surface area contributed by atoms with E-state index in [1.165, 1.54) is 0 Å². The van der Waals surface area contributed by atoms with E-state index in [0.29, 0.717) is 12.2 Å². The Hall–Kier alpha value is -2.23. The van der Waals surface area contributed by atoms with Crippen LogP contribution in [0.5, 0.6) is 5.75 Å². The van der Waals surface area contributed by atoms with Gasteiger partial charge in [-0.25, -0.2) is 4.79 Å². The van der Waals surface area contributed by atoms with Gasteiger partial charge in [-0.05, 0) is 36.2 Å². The third-order valence-electron chi connectivity index (χ3n) is 2.85. The fourth-order valence-electron chi connectivity index (χ4n) is 1.97. The molecule has 4 nitrogen and oxygen atoms in total. The van der Waals surface area contributed by atoms with Crippen LogP contribution in [0.25, 0.3) is 0 Å². The van der Waals surface area contributed by atoms with Crippen LogP contribution in [0, 0.1) is 6.92 Å². The summed E-state index contributed by atoms with van der Waals surface area (Å²) in [6.07, 6.45) is 1.79. The minimum Gasteiger partial charge on any atom is -0.497 e. The zero-order valence-corrected chi connectivity index (χ0v) is 10.4. The number of methoxy groups -OCH3 is 1. The Morgan fingerprint density at radius 3 is 2.83 bits per heavy atom. The molecular formula is C14H15NO3. The summed E-state index contributed by atoms with van der Waals surface area (Å²) >= 11 is 0. The molecule has 1 N–H and O–H groups in total. The quantitative estimate of drug-likeness (QED) is 0.900. The lowest BCUT2D eigenvalue weighted by Gasteiger charge is -2.08. The fraction of sp³-hybridized carbons (Fsp3) is 0.214. The Morgan fingerprint density at radius 2 is 2.17 bits per heavy atom. The monoisotopic (exact) mass is 245 g/mol. The molecule has 1 aromatic heterocycles. The topological polar surface area (TPSA) is 51.5 Å². The largest absolute Gasteiger partial charge is 0.497 e. The lowest BCUT2D eigenvalue weighted by Crippen LogP contribution is -2.10. The number of aromatic nitrogens is 1. The summed E-state index contributed by atoms with van der Waals surface area (Å²) in [7, 11) is 1.61. The SMILES string of the molecule is COc1cccc(Cn2ccc(C)c2C(=O)O)c1. The fourth-order valence-corrected chi connectivity index (χ4v) is 1.97. The number of hydrogen-bond acceptors (Lipinski definition) is 2. The maximum atomic E-state index is 11.2. The third-order valence-corrected chi connectivity index (χ3v) is 2.85. The van der Waals surface area contributed by atoms with Gasteiger partial charge >= 0.3 is 5.97 Å². The molecule has 0 fully saturated rings. The van der Waals surface area contributed by atoms with Crippen LogP contribution in [0.3, 0.4) is 0 Å². The van der Waals surface area contributed by atoms with Gasteiger partial charge in [-0.3, -0.25) is 0 Å². The standard InChI is InChI=1S/C14H15NO3/c1-10-6-7-15(13(10)14(16)17)9-11-4-3-5-12(8-11)18-2/h3-8H,9H2,1-2H3,(H,16,17). The zero-order chi connectivity index (χ0) is 13.1. The van der Waals surface area contributed by atoms with Crippen molar-refractivity contribution in [2.24, 2.45) is 0 Å². The van der Waals surface area contributed by atoms with Gasteiger partial charge in [-0.1, -0.05) is 12.1 Å². The number of carboxylic acids is 1. The lowest BCUT2D eigenvalue weighted by molar-refractivity contribution is 0.0685. The van der Waals surface area contributed by atoms with E-state index in [1.54, 1.807) is 24.8 Å². The first-order chi connectivity index (χ1) is 8.61. The van der Waals surface area contributed by atoms with Crippen LogP contribution < -0.4 is 4.74 Å². The van der Waals surface area contributed by atoms with Crippen LogP contribution in [0.4, 0.5) is 0 Å². The number of aryl methyl sites for hydroxylation is 1. The van der Waals surface area contributed by atoms with E-state index in [1.807, 2.05) is 30.3 Å². The molecule has 0 aliphatic heterocycles. The predicted molar refractivity (Wildman–Crippen MR) is 68.2 cm³/mol. The van der Waals surface area contributed by atoms with Crippen molar-refractivity contribution < 1.29 is 14.6 Å². The molecule has 0 unspecified atom stereocenters. The minimum absolute atomic E-state index is 0.331. The number of carboxylic acid groups (broad SMARTS) is 1. The Balaban J connectivity index is 2.31. The predicted octanol–water partition coefficient (Wildman–Crippen LogP) is 2.55. The van der Waals surface area contributed by atoms with Gasteiger partial charge in [-0.2, -0.15) is 0 Å². The molecular weight excluding hydrogens is 230 g/mol. The van der Waals surface area contributed by atoms with E-state index in [2.05, 4.69) is 0 Å². The average Bonchev–Trinajstić information content (AvgIpc) is 2.70. The molecule has 1 aromatic carbocycles. The molecule has 0 aliphatic rings. The number of carbonyl (C=O) groups is 1. The van der Waals surface area contributed by atoms with Crippen LogP contribution in [-0.2, 0) is 6.54 Å². The van der Waals surface area contributed by atoms with Crippen molar-refractivity contribution in [2.45, 2.75) is 13.5 Å². The van der Waals surface area contributed by atoms with Crippen molar-refractivity contribution in [2.75, 3.05) is 7.11 Å². The van der Waals surface area contributed by atoms with Crippen molar-refractivity contribution in [3.63, 3.8) is 0 Å². The lowest BCUT2D eigenvalue weighted by atomic mass is 10.2. The van der Waals surface area contributed by atoms with Crippen molar-refractivity contribution in [1.29, 1.82) is 0 Å².